The molecule has 0 bridgehead atoms. The second kappa shape index (κ2) is 1.91. The van der Waals surface area contributed by atoms with Crippen LogP contribution in [0.1, 0.15) is 0 Å². The summed E-state index contributed by atoms with van der Waals surface area (Å²) >= 11 is 5.51. The van der Waals surface area contributed by atoms with E-state index in [0.717, 1.165) is 0 Å². The first-order chi connectivity index (χ1) is 4.86. The van der Waals surface area contributed by atoms with Gasteiger partial charge in [0, 0.05) is 12.3 Å². The molecule has 4 nitrogen and oxygen atoms in total. The summed E-state index contributed by atoms with van der Waals surface area (Å²) < 4.78 is 1.52. The Balaban J connectivity index is 2.88. The van der Waals surface area contributed by atoms with E-state index in [1.165, 1.54) is 4.52 Å². The van der Waals surface area contributed by atoms with Gasteiger partial charge in [0.2, 0.25) is 5.28 Å². The van der Waals surface area contributed by atoms with Crippen LogP contribution in [0.25, 0.3) is 5.65 Å². The van der Waals surface area contributed by atoms with Crippen molar-refractivity contribution < 1.29 is 0 Å². The molecule has 0 atom stereocenters. The Morgan fingerprint density at radius 2 is 2.40 bits per heavy atom. The largest absolute Gasteiger partial charge is 0.245 e. The maximum Gasteiger partial charge on any atom is 0.243 e. The van der Waals surface area contributed by atoms with Gasteiger partial charge in [-0.2, -0.15) is 4.98 Å². The Kier molecular flexibility index (Phi) is 1.07. The normalized spacial score (nSPS) is 10.5. The van der Waals surface area contributed by atoms with Crippen LogP contribution in [0, 0.1) is 0 Å². The van der Waals surface area contributed by atoms with E-state index in [0.29, 0.717) is 5.65 Å². The van der Waals surface area contributed by atoms with Crippen LogP contribution < -0.4 is 0 Å². The van der Waals surface area contributed by atoms with Crippen molar-refractivity contribution in [1.82, 2.24) is 19.6 Å². The van der Waals surface area contributed by atoms with E-state index in [4.69, 9.17) is 11.6 Å². The van der Waals surface area contributed by atoms with E-state index < -0.39 is 0 Å². The van der Waals surface area contributed by atoms with Gasteiger partial charge in [-0.25, -0.2) is 9.50 Å². The molecule has 0 fully saturated rings. The topological polar surface area (TPSA) is 43.1 Å². The zero-order chi connectivity index (χ0) is 6.97. The average Bonchev–Trinajstić information content (AvgIpc) is 2.27. The monoisotopic (exact) mass is 154 g/mol. The van der Waals surface area contributed by atoms with Crippen LogP contribution in [0.15, 0.2) is 18.6 Å². The zero-order valence-corrected chi connectivity index (χ0v) is 5.65. The van der Waals surface area contributed by atoms with Gasteiger partial charge in [0.05, 0.1) is 0 Å². The molecule has 5 heteroatoms. The molecule has 0 N–H and O–H groups in total. The molecule has 0 saturated heterocycles. The maximum atomic E-state index is 5.51. The van der Waals surface area contributed by atoms with Crippen molar-refractivity contribution in [1.29, 1.82) is 0 Å². The first-order valence-electron chi connectivity index (χ1n) is 2.68. The fourth-order valence-corrected chi connectivity index (χ4v) is 0.886. The molecule has 0 amide bonds. The standard InChI is InChI=1S/C5H3ClN4/c6-5-8-4-1-2-7-3-10(4)9-5/h1-3H. The van der Waals surface area contributed by atoms with Gasteiger partial charge in [-0.3, -0.25) is 0 Å². The van der Waals surface area contributed by atoms with Crippen molar-refractivity contribution in [3.63, 3.8) is 0 Å². The van der Waals surface area contributed by atoms with Gasteiger partial charge in [-0.1, -0.05) is 0 Å². The molecular weight excluding hydrogens is 152 g/mol. The zero-order valence-electron chi connectivity index (χ0n) is 4.90. The third-order valence-corrected chi connectivity index (χ3v) is 1.28. The Hall–Kier alpha value is -1.16. The third-order valence-electron chi connectivity index (χ3n) is 1.12. The van der Waals surface area contributed by atoms with E-state index in [-0.39, 0.29) is 5.28 Å². The molecule has 0 aliphatic carbocycles. The Morgan fingerprint density at radius 1 is 1.50 bits per heavy atom. The summed E-state index contributed by atoms with van der Waals surface area (Å²) in [5.41, 5.74) is 0.708. The number of hydrogen-bond acceptors (Lipinski definition) is 3. The quantitative estimate of drug-likeness (QED) is 0.563. The van der Waals surface area contributed by atoms with Crippen LogP contribution in [-0.2, 0) is 0 Å². The second-order valence-electron chi connectivity index (χ2n) is 1.76. The van der Waals surface area contributed by atoms with E-state index in [1.54, 1.807) is 18.6 Å². The molecule has 0 radical (unpaired) electrons. The van der Waals surface area contributed by atoms with Gasteiger partial charge in [0.15, 0.2) is 5.65 Å². The lowest BCUT2D eigenvalue weighted by Crippen LogP contribution is -1.86. The molecular formula is C5H3ClN4. The summed E-state index contributed by atoms with van der Waals surface area (Å²) in [6, 6.07) is 1.74. The van der Waals surface area contributed by atoms with Crippen LogP contribution in [0.4, 0.5) is 0 Å². The van der Waals surface area contributed by atoms with Crippen LogP contribution in [0.5, 0.6) is 0 Å². The molecule has 0 unspecified atom stereocenters. The van der Waals surface area contributed by atoms with Gasteiger partial charge in [-0.15, -0.1) is 5.10 Å². The summed E-state index contributed by atoms with van der Waals surface area (Å²) in [4.78, 5) is 7.72. The fraction of sp³-hybridized carbons (Fsp3) is 0. The third kappa shape index (κ3) is 0.733. The molecule has 2 aromatic heterocycles. The number of hydrogen-bond donors (Lipinski definition) is 0. The van der Waals surface area contributed by atoms with E-state index in [1.807, 2.05) is 0 Å². The lowest BCUT2D eigenvalue weighted by atomic mass is 10.6. The SMILES string of the molecule is Clc1nc2ccncn2n1. The van der Waals surface area contributed by atoms with Crippen molar-refractivity contribution in [3.8, 4) is 0 Å². The van der Waals surface area contributed by atoms with E-state index in [9.17, 15) is 0 Å². The minimum Gasteiger partial charge on any atom is -0.245 e. The van der Waals surface area contributed by atoms with Gasteiger partial charge in [0.1, 0.15) is 6.33 Å². The first-order valence-corrected chi connectivity index (χ1v) is 3.06. The second-order valence-corrected chi connectivity index (χ2v) is 2.10. The Morgan fingerprint density at radius 3 is 3.20 bits per heavy atom. The minimum absolute atomic E-state index is 0.244. The fourth-order valence-electron chi connectivity index (χ4n) is 0.718. The lowest BCUT2D eigenvalue weighted by molar-refractivity contribution is 0.922. The summed E-state index contributed by atoms with van der Waals surface area (Å²) in [6.07, 6.45) is 3.19. The van der Waals surface area contributed by atoms with Crippen molar-refractivity contribution >= 4 is 17.2 Å². The molecule has 0 saturated carbocycles. The molecule has 2 aromatic rings. The molecule has 2 heterocycles. The van der Waals surface area contributed by atoms with Crippen LogP contribution in [0.3, 0.4) is 0 Å². The van der Waals surface area contributed by atoms with Crippen molar-refractivity contribution in [3.05, 3.63) is 23.9 Å². The maximum absolute atomic E-state index is 5.51. The van der Waals surface area contributed by atoms with Crippen LogP contribution in [0.2, 0.25) is 5.28 Å². The molecule has 0 aliphatic heterocycles. The number of fused-ring (bicyclic) bond motifs is 1. The summed E-state index contributed by atoms with van der Waals surface area (Å²) in [5.74, 6) is 0. The van der Waals surface area contributed by atoms with Crippen molar-refractivity contribution in [2.45, 2.75) is 0 Å². The molecule has 50 valence electrons. The molecule has 2 rings (SSSR count). The van der Waals surface area contributed by atoms with Crippen LogP contribution >= 0.6 is 11.6 Å². The van der Waals surface area contributed by atoms with E-state index >= 15 is 0 Å². The minimum atomic E-state index is 0.244. The lowest BCUT2D eigenvalue weighted by Gasteiger charge is -1.83. The van der Waals surface area contributed by atoms with E-state index in [2.05, 4.69) is 15.1 Å². The average molecular weight is 155 g/mol. The molecule has 0 aliphatic rings. The number of halogens is 1. The summed E-state index contributed by atoms with van der Waals surface area (Å²) in [6.45, 7) is 0. The Bertz CT molecular complexity index is 322. The number of rotatable bonds is 0. The van der Waals surface area contributed by atoms with Gasteiger partial charge in [-0.05, 0) is 11.6 Å². The van der Waals surface area contributed by atoms with Gasteiger partial charge < -0.3 is 0 Å². The summed E-state index contributed by atoms with van der Waals surface area (Å²) in [7, 11) is 0. The Labute approximate surface area is 61.5 Å². The smallest absolute Gasteiger partial charge is 0.243 e. The van der Waals surface area contributed by atoms with Crippen molar-refractivity contribution in [2.75, 3.05) is 0 Å². The van der Waals surface area contributed by atoms with Crippen molar-refractivity contribution in [2.24, 2.45) is 0 Å². The van der Waals surface area contributed by atoms with Gasteiger partial charge >= 0.3 is 0 Å². The van der Waals surface area contributed by atoms with Gasteiger partial charge in [0.25, 0.3) is 0 Å². The molecule has 10 heavy (non-hydrogen) atoms. The highest BCUT2D eigenvalue weighted by Gasteiger charge is 1.96. The predicted molar refractivity (Wildman–Crippen MR) is 35.8 cm³/mol. The first kappa shape index (κ1) is 5.61. The highest BCUT2D eigenvalue weighted by Crippen LogP contribution is 2.02. The highest BCUT2D eigenvalue weighted by molar-refractivity contribution is 6.28. The predicted octanol–water partition coefficient (Wildman–Crippen LogP) is 0.778. The number of aromatic nitrogens is 4. The molecule has 0 aromatic carbocycles. The molecule has 0 spiro atoms. The van der Waals surface area contributed by atoms with Crippen LogP contribution in [-0.4, -0.2) is 19.6 Å². The summed E-state index contributed by atoms with van der Waals surface area (Å²) in [5, 5.41) is 4.07. The number of nitrogens with zero attached hydrogens (tertiary/aromatic N) is 4. The highest BCUT2D eigenvalue weighted by atomic mass is 35.5.